The Morgan fingerprint density at radius 1 is 1.11 bits per heavy atom. The van der Waals surface area contributed by atoms with Crippen LogP contribution in [0.2, 0.25) is 5.02 Å². The molecule has 36 heavy (non-hydrogen) atoms. The lowest BCUT2D eigenvalue weighted by molar-refractivity contribution is -0.140. The average Bonchev–Trinajstić information content (AvgIpc) is 3.37. The van der Waals surface area contributed by atoms with Gasteiger partial charge < -0.3 is 9.84 Å². The fraction of sp³-hybridized carbons (Fsp3) is 0.154. The van der Waals surface area contributed by atoms with E-state index in [9.17, 15) is 18.3 Å². The van der Waals surface area contributed by atoms with Gasteiger partial charge in [0.15, 0.2) is 0 Å². The highest BCUT2D eigenvalue weighted by Gasteiger charge is 2.63. The van der Waals surface area contributed by atoms with Crippen LogP contribution in [0.5, 0.6) is 5.75 Å². The van der Waals surface area contributed by atoms with Gasteiger partial charge >= 0.3 is 5.97 Å². The molecule has 1 fully saturated rings. The summed E-state index contributed by atoms with van der Waals surface area (Å²) in [7, 11) is -4.07. The Morgan fingerprint density at radius 3 is 2.64 bits per heavy atom. The minimum absolute atomic E-state index is 0.0474. The first-order chi connectivity index (χ1) is 17.3. The Bertz CT molecular complexity index is 1510. The Hall–Kier alpha value is -3.24. The number of carbonyl (C=O) groups is 1. The third-order valence-corrected chi connectivity index (χ3v) is 9.40. The van der Waals surface area contributed by atoms with Gasteiger partial charge in [-0.2, -0.15) is 4.72 Å². The molecule has 0 saturated heterocycles. The molecule has 2 unspecified atom stereocenters. The smallest absolute Gasteiger partial charge is 0.325 e. The van der Waals surface area contributed by atoms with Crippen molar-refractivity contribution >= 4 is 38.9 Å². The second kappa shape index (κ2) is 9.67. The molecule has 4 aromatic rings. The number of nitrogens with one attached hydrogen (secondary N) is 1. The van der Waals surface area contributed by atoms with Crippen LogP contribution < -0.4 is 9.46 Å². The maximum absolute atomic E-state index is 13.2. The minimum Gasteiger partial charge on any atom is -0.487 e. The van der Waals surface area contributed by atoms with Crippen LogP contribution in [0.1, 0.15) is 23.6 Å². The summed E-state index contributed by atoms with van der Waals surface area (Å²) in [4.78, 5) is 17.2. The quantitative estimate of drug-likeness (QED) is 0.297. The number of hydrogen-bond acceptors (Lipinski definition) is 6. The first-order valence-corrected chi connectivity index (χ1v) is 13.7. The lowest BCUT2D eigenvalue weighted by Crippen LogP contribution is -2.44. The topological polar surface area (TPSA) is 106 Å². The molecule has 10 heteroatoms. The van der Waals surface area contributed by atoms with E-state index in [2.05, 4.69) is 9.71 Å². The van der Waals surface area contributed by atoms with Gasteiger partial charge in [0.2, 0.25) is 0 Å². The van der Waals surface area contributed by atoms with Crippen LogP contribution in [-0.2, 0) is 21.4 Å². The first-order valence-electron chi connectivity index (χ1n) is 11.0. The van der Waals surface area contributed by atoms with Crippen molar-refractivity contribution in [3.05, 3.63) is 101 Å². The van der Waals surface area contributed by atoms with Crippen LogP contribution in [0.4, 0.5) is 0 Å². The second-order valence-electron chi connectivity index (χ2n) is 8.45. The largest absolute Gasteiger partial charge is 0.487 e. The number of ether oxygens (including phenoxy) is 1. The highest BCUT2D eigenvalue weighted by molar-refractivity contribution is 7.91. The summed E-state index contributed by atoms with van der Waals surface area (Å²) in [5, 5.41) is 10.6. The van der Waals surface area contributed by atoms with Gasteiger partial charge in [0.05, 0.1) is 5.69 Å². The van der Waals surface area contributed by atoms with Crippen molar-refractivity contribution < 1.29 is 23.1 Å². The van der Waals surface area contributed by atoms with Crippen molar-refractivity contribution in [2.24, 2.45) is 0 Å². The Balaban J connectivity index is 1.33. The predicted octanol–water partition coefficient (Wildman–Crippen LogP) is 5.33. The summed E-state index contributed by atoms with van der Waals surface area (Å²) in [6.45, 7) is 0.264. The van der Waals surface area contributed by atoms with Crippen LogP contribution in [-0.4, -0.2) is 30.0 Å². The Kier molecular flexibility index (Phi) is 6.57. The van der Waals surface area contributed by atoms with Gasteiger partial charge in [0.25, 0.3) is 10.0 Å². The maximum Gasteiger partial charge on any atom is 0.325 e. The van der Waals surface area contributed by atoms with E-state index in [0.717, 1.165) is 27.5 Å². The van der Waals surface area contributed by atoms with E-state index in [1.807, 2.05) is 18.2 Å². The van der Waals surface area contributed by atoms with Crippen LogP contribution in [0.25, 0.3) is 10.4 Å². The number of thiophene rings is 1. The van der Waals surface area contributed by atoms with Gasteiger partial charge in [-0.3, -0.25) is 9.78 Å². The van der Waals surface area contributed by atoms with E-state index in [1.165, 1.54) is 6.07 Å². The third-order valence-electron chi connectivity index (χ3n) is 6.01. The number of benzene rings is 2. The summed E-state index contributed by atoms with van der Waals surface area (Å²) in [6, 6.07) is 22.8. The summed E-state index contributed by atoms with van der Waals surface area (Å²) in [5.41, 5.74) is 0.649. The second-order valence-corrected chi connectivity index (χ2v) is 11.9. The Labute approximate surface area is 217 Å². The zero-order chi connectivity index (χ0) is 25.3. The zero-order valence-electron chi connectivity index (χ0n) is 18.8. The van der Waals surface area contributed by atoms with Crippen molar-refractivity contribution in [3.8, 4) is 16.2 Å². The molecule has 0 amide bonds. The minimum atomic E-state index is -4.07. The molecule has 0 bridgehead atoms. The van der Waals surface area contributed by atoms with Crippen molar-refractivity contribution in [2.75, 3.05) is 0 Å². The molecule has 1 saturated carbocycles. The molecule has 184 valence electrons. The normalized spacial score (nSPS) is 19.1. The number of hydrogen-bond donors (Lipinski definition) is 2. The lowest BCUT2D eigenvalue weighted by atomic mass is 10.1. The summed E-state index contributed by atoms with van der Waals surface area (Å²) < 4.78 is 34.7. The summed E-state index contributed by atoms with van der Waals surface area (Å²) in [5.74, 6) is -1.19. The van der Waals surface area contributed by atoms with E-state index in [1.54, 1.807) is 60.8 Å². The monoisotopic (exact) mass is 540 g/mol. The number of halogens is 1. The van der Waals surface area contributed by atoms with Gasteiger partial charge in [-0.05, 0) is 66.1 Å². The number of aliphatic carboxylic acids is 1. The molecule has 2 aromatic heterocycles. The van der Waals surface area contributed by atoms with Crippen LogP contribution in [0.3, 0.4) is 0 Å². The van der Waals surface area contributed by atoms with Crippen LogP contribution in [0, 0.1) is 0 Å². The number of carboxylic acid groups (broad SMARTS) is 1. The Morgan fingerprint density at radius 2 is 1.92 bits per heavy atom. The predicted molar refractivity (Wildman–Crippen MR) is 138 cm³/mol. The van der Waals surface area contributed by atoms with Gasteiger partial charge in [0, 0.05) is 22.0 Å². The van der Waals surface area contributed by atoms with E-state index in [0.29, 0.717) is 16.3 Å². The van der Waals surface area contributed by atoms with Crippen LogP contribution >= 0.6 is 22.9 Å². The van der Waals surface area contributed by atoms with E-state index in [-0.39, 0.29) is 17.2 Å². The average molecular weight is 541 g/mol. The van der Waals surface area contributed by atoms with Crippen LogP contribution in [0.15, 0.2) is 89.3 Å². The molecule has 2 N–H and O–H groups in total. The zero-order valence-corrected chi connectivity index (χ0v) is 21.2. The lowest BCUT2D eigenvalue weighted by Gasteiger charge is -2.15. The number of nitrogens with zero attached hydrogens (tertiary/aromatic N) is 1. The van der Waals surface area contributed by atoms with E-state index >= 15 is 0 Å². The fourth-order valence-electron chi connectivity index (χ4n) is 4.04. The van der Waals surface area contributed by atoms with E-state index < -0.39 is 27.4 Å². The van der Waals surface area contributed by atoms with Gasteiger partial charge in [0.1, 0.15) is 22.1 Å². The molecule has 2 heterocycles. The first kappa shape index (κ1) is 24.5. The van der Waals surface area contributed by atoms with Gasteiger partial charge in [-0.1, -0.05) is 41.9 Å². The SMILES string of the molecule is O=C(O)C1(NS(=O)(=O)c2ccc(-c3ccc(Cl)cc3)s2)CC1c1cccc(OCc2ccccn2)c1. The van der Waals surface area contributed by atoms with E-state index in [4.69, 9.17) is 16.3 Å². The number of rotatable bonds is 9. The molecule has 1 aliphatic carbocycles. The summed E-state index contributed by atoms with van der Waals surface area (Å²) >= 11 is 7.01. The molecular weight excluding hydrogens is 520 g/mol. The van der Waals surface area contributed by atoms with Crippen molar-refractivity contribution in [1.82, 2.24) is 9.71 Å². The summed E-state index contributed by atoms with van der Waals surface area (Å²) in [6.07, 6.45) is 1.82. The van der Waals surface area contributed by atoms with Gasteiger partial charge in [-0.15, -0.1) is 11.3 Å². The molecule has 2 aromatic carbocycles. The maximum atomic E-state index is 13.2. The molecule has 2 atom stereocenters. The van der Waals surface area contributed by atoms with Gasteiger partial charge in [-0.25, -0.2) is 8.42 Å². The fourth-order valence-corrected chi connectivity index (χ4v) is 6.89. The highest BCUT2D eigenvalue weighted by Crippen LogP contribution is 2.53. The molecule has 0 radical (unpaired) electrons. The number of pyridine rings is 1. The molecule has 0 spiro atoms. The van der Waals surface area contributed by atoms with Crippen molar-refractivity contribution in [2.45, 2.75) is 28.7 Å². The molecule has 5 rings (SSSR count). The molecular formula is C26H21ClN2O5S2. The number of carboxylic acids is 1. The molecule has 7 nitrogen and oxygen atoms in total. The standard InChI is InChI=1S/C26H21ClN2O5S2/c27-19-9-7-17(8-10-19)23-11-12-24(35-23)36(32,33)29-26(25(30)31)15-22(26)18-4-3-6-21(14-18)34-16-20-5-1-2-13-28-20/h1-14,22,29H,15-16H2,(H,30,31). The molecule has 1 aliphatic rings. The molecule has 0 aliphatic heterocycles. The number of aromatic nitrogens is 1. The number of sulfonamides is 1. The van der Waals surface area contributed by atoms with Crippen molar-refractivity contribution in [1.29, 1.82) is 0 Å². The third kappa shape index (κ3) is 5.01. The van der Waals surface area contributed by atoms with Crippen molar-refractivity contribution in [3.63, 3.8) is 0 Å². The highest BCUT2D eigenvalue weighted by atomic mass is 35.5.